The van der Waals surface area contributed by atoms with Crippen LogP contribution < -0.4 is 11.1 Å². The molecule has 3 N–H and O–H groups in total. The molecule has 3 rings (SSSR count). The zero-order chi connectivity index (χ0) is 18.0. The fourth-order valence-corrected chi connectivity index (χ4v) is 5.19. The molecule has 0 spiro atoms. The van der Waals surface area contributed by atoms with E-state index in [0.717, 1.165) is 19.3 Å². The number of benzene rings is 1. The van der Waals surface area contributed by atoms with E-state index >= 15 is 0 Å². The third-order valence-corrected chi connectivity index (χ3v) is 6.54. The van der Waals surface area contributed by atoms with Gasteiger partial charge in [-0.15, -0.1) is 12.4 Å². The summed E-state index contributed by atoms with van der Waals surface area (Å²) in [4.78, 5) is 12.8. The van der Waals surface area contributed by atoms with Crippen molar-refractivity contribution in [2.45, 2.75) is 76.8 Å². The first-order chi connectivity index (χ1) is 11.9. The number of fused-ring (bicyclic) bond motifs is 2. The predicted molar refractivity (Wildman–Crippen MR) is 110 cm³/mol. The lowest BCUT2D eigenvalue weighted by molar-refractivity contribution is -0.128. The Morgan fingerprint density at radius 1 is 1.19 bits per heavy atom. The fourth-order valence-electron chi connectivity index (χ4n) is 5.19. The second-order valence-corrected chi connectivity index (χ2v) is 9.06. The molecule has 2 aliphatic rings. The van der Waals surface area contributed by atoms with Gasteiger partial charge >= 0.3 is 0 Å². The van der Waals surface area contributed by atoms with E-state index in [1.54, 1.807) is 0 Å². The highest BCUT2D eigenvalue weighted by atomic mass is 35.5. The van der Waals surface area contributed by atoms with Gasteiger partial charge in [-0.05, 0) is 61.8 Å². The Bertz CT molecular complexity index is 575. The quantitative estimate of drug-likeness (QED) is 0.796. The van der Waals surface area contributed by atoms with Crippen molar-refractivity contribution >= 4 is 18.3 Å². The molecule has 0 radical (unpaired) electrons. The van der Waals surface area contributed by atoms with Crippen molar-refractivity contribution in [1.29, 1.82) is 0 Å². The van der Waals surface area contributed by atoms with E-state index < -0.39 is 0 Å². The summed E-state index contributed by atoms with van der Waals surface area (Å²) in [5.41, 5.74) is 7.75. The Kier molecular flexibility index (Phi) is 7.15. The normalized spacial score (nSPS) is 29.4. The molecule has 1 aromatic rings. The average Bonchev–Trinajstić information content (AvgIpc) is 2.54. The highest BCUT2D eigenvalue weighted by molar-refractivity contribution is 5.85. The summed E-state index contributed by atoms with van der Waals surface area (Å²) >= 11 is 0. The Labute approximate surface area is 164 Å². The summed E-state index contributed by atoms with van der Waals surface area (Å²) in [6, 6.07) is 11.1. The first kappa shape index (κ1) is 21.2. The number of hydrogen-bond donors (Lipinski definition) is 2. The third-order valence-electron chi connectivity index (χ3n) is 6.54. The minimum absolute atomic E-state index is 0. The van der Waals surface area contributed by atoms with Crippen LogP contribution in [0.2, 0.25) is 0 Å². The van der Waals surface area contributed by atoms with Gasteiger partial charge in [-0.25, -0.2) is 0 Å². The lowest BCUT2D eigenvalue weighted by atomic mass is 9.65. The molecule has 2 fully saturated rings. The number of carbonyl (C=O) groups is 1. The van der Waals surface area contributed by atoms with Crippen LogP contribution in [0.5, 0.6) is 0 Å². The molecule has 146 valence electrons. The Hall–Kier alpha value is -1.06. The zero-order valence-electron chi connectivity index (χ0n) is 16.4. The lowest BCUT2D eigenvalue weighted by Crippen LogP contribution is -2.50. The van der Waals surface area contributed by atoms with Gasteiger partial charge in [0.1, 0.15) is 0 Å². The number of halogens is 1. The number of rotatable bonds is 5. The Morgan fingerprint density at radius 3 is 2.35 bits per heavy atom. The SMILES string of the molecule is CC(CC(C)(C)c1ccccc1)NC(=O)C1CC2CCCC(C1)C2N.Cl. The van der Waals surface area contributed by atoms with Crippen molar-refractivity contribution in [3.05, 3.63) is 35.9 Å². The van der Waals surface area contributed by atoms with E-state index in [2.05, 4.69) is 56.4 Å². The lowest BCUT2D eigenvalue weighted by Gasteiger charge is -2.43. The molecule has 26 heavy (non-hydrogen) atoms. The van der Waals surface area contributed by atoms with Crippen LogP contribution in [0.4, 0.5) is 0 Å². The molecule has 3 nitrogen and oxygen atoms in total. The van der Waals surface area contributed by atoms with E-state index in [4.69, 9.17) is 5.73 Å². The maximum absolute atomic E-state index is 12.8. The van der Waals surface area contributed by atoms with Gasteiger partial charge in [0.05, 0.1) is 0 Å². The van der Waals surface area contributed by atoms with Crippen LogP contribution in [0.15, 0.2) is 30.3 Å². The molecule has 0 heterocycles. The van der Waals surface area contributed by atoms with E-state index in [1.807, 2.05) is 0 Å². The highest BCUT2D eigenvalue weighted by Gasteiger charge is 2.40. The highest BCUT2D eigenvalue weighted by Crippen LogP contribution is 2.42. The number of hydrogen-bond acceptors (Lipinski definition) is 2. The van der Waals surface area contributed by atoms with Gasteiger partial charge in [0, 0.05) is 18.0 Å². The monoisotopic (exact) mass is 378 g/mol. The molecule has 2 aliphatic carbocycles. The Morgan fingerprint density at radius 2 is 1.77 bits per heavy atom. The van der Waals surface area contributed by atoms with Gasteiger partial charge in [-0.2, -0.15) is 0 Å². The molecule has 2 saturated carbocycles. The molecular formula is C22H35ClN2O. The molecule has 0 aliphatic heterocycles. The smallest absolute Gasteiger partial charge is 0.223 e. The van der Waals surface area contributed by atoms with Crippen LogP contribution in [0, 0.1) is 17.8 Å². The van der Waals surface area contributed by atoms with Gasteiger partial charge < -0.3 is 11.1 Å². The number of carbonyl (C=O) groups excluding carboxylic acids is 1. The van der Waals surface area contributed by atoms with Gasteiger partial charge in [0.15, 0.2) is 0 Å². The summed E-state index contributed by atoms with van der Waals surface area (Å²) < 4.78 is 0. The summed E-state index contributed by atoms with van der Waals surface area (Å²) in [5, 5.41) is 3.30. The number of nitrogens with two attached hydrogens (primary N) is 1. The van der Waals surface area contributed by atoms with Crippen LogP contribution in [-0.4, -0.2) is 18.0 Å². The van der Waals surface area contributed by atoms with Crippen LogP contribution in [0.25, 0.3) is 0 Å². The van der Waals surface area contributed by atoms with Crippen LogP contribution >= 0.6 is 12.4 Å². The molecule has 0 saturated heterocycles. The second kappa shape index (κ2) is 8.75. The number of nitrogens with one attached hydrogen (secondary N) is 1. The van der Waals surface area contributed by atoms with Gasteiger partial charge in [-0.1, -0.05) is 50.6 Å². The average molecular weight is 379 g/mol. The largest absolute Gasteiger partial charge is 0.353 e. The van der Waals surface area contributed by atoms with Crippen molar-refractivity contribution in [2.24, 2.45) is 23.5 Å². The van der Waals surface area contributed by atoms with E-state index in [9.17, 15) is 4.79 Å². The molecule has 2 bridgehead atoms. The fraction of sp³-hybridized carbons (Fsp3) is 0.682. The van der Waals surface area contributed by atoms with Crippen molar-refractivity contribution in [2.75, 3.05) is 0 Å². The number of amides is 1. The van der Waals surface area contributed by atoms with Crippen LogP contribution in [0.1, 0.15) is 64.9 Å². The van der Waals surface area contributed by atoms with E-state index in [1.165, 1.54) is 24.8 Å². The Balaban J connectivity index is 0.00000243. The molecule has 0 aromatic heterocycles. The molecule has 1 amide bonds. The molecule has 3 atom stereocenters. The van der Waals surface area contributed by atoms with Crippen molar-refractivity contribution in [3.63, 3.8) is 0 Å². The van der Waals surface area contributed by atoms with Crippen molar-refractivity contribution in [1.82, 2.24) is 5.32 Å². The third kappa shape index (κ3) is 4.80. The maximum Gasteiger partial charge on any atom is 0.223 e. The second-order valence-electron chi connectivity index (χ2n) is 9.06. The predicted octanol–water partition coefficient (Wildman–Crippen LogP) is 4.43. The van der Waals surface area contributed by atoms with Crippen LogP contribution in [-0.2, 0) is 10.2 Å². The van der Waals surface area contributed by atoms with Gasteiger partial charge in [0.2, 0.25) is 5.91 Å². The maximum atomic E-state index is 12.8. The molecule has 3 unspecified atom stereocenters. The summed E-state index contributed by atoms with van der Waals surface area (Å²) in [5.74, 6) is 1.52. The molecule has 1 aromatic carbocycles. The van der Waals surface area contributed by atoms with Crippen molar-refractivity contribution in [3.8, 4) is 0 Å². The first-order valence-electron chi connectivity index (χ1n) is 9.98. The van der Waals surface area contributed by atoms with Crippen LogP contribution in [0.3, 0.4) is 0 Å². The standard InChI is InChI=1S/C22H34N2O.ClH/c1-15(14-22(2,3)19-10-5-4-6-11-19)24-21(25)18-12-16-8-7-9-17(13-18)20(16)23;/h4-6,10-11,15-18,20H,7-9,12-14,23H2,1-3H3,(H,24,25);1H. The van der Waals surface area contributed by atoms with E-state index in [-0.39, 0.29) is 35.7 Å². The first-order valence-corrected chi connectivity index (χ1v) is 9.98. The minimum Gasteiger partial charge on any atom is -0.353 e. The van der Waals surface area contributed by atoms with Gasteiger partial charge in [0.25, 0.3) is 0 Å². The molecule has 4 heteroatoms. The topological polar surface area (TPSA) is 55.1 Å². The summed E-state index contributed by atoms with van der Waals surface area (Å²) in [6.07, 6.45) is 6.62. The van der Waals surface area contributed by atoms with E-state index in [0.29, 0.717) is 17.9 Å². The summed E-state index contributed by atoms with van der Waals surface area (Å²) in [6.45, 7) is 6.65. The van der Waals surface area contributed by atoms with Crippen molar-refractivity contribution < 1.29 is 4.79 Å². The minimum atomic E-state index is 0. The van der Waals surface area contributed by atoms with Gasteiger partial charge in [-0.3, -0.25) is 4.79 Å². The summed E-state index contributed by atoms with van der Waals surface area (Å²) in [7, 11) is 0. The zero-order valence-corrected chi connectivity index (χ0v) is 17.2. The molecular weight excluding hydrogens is 344 g/mol.